The largest absolute Gasteiger partial charge is 0.289 e. The van der Waals surface area contributed by atoms with Gasteiger partial charge < -0.3 is 0 Å². The van der Waals surface area contributed by atoms with E-state index in [-0.39, 0.29) is 45.9 Å². The smallest absolute Gasteiger partial charge is 0.229 e. The Kier molecular flexibility index (Phi) is 6.11. The van der Waals surface area contributed by atoms with E-state index in [0.29, 0.717) is 16.0 Å². The van der Waals surface area contributed by atoms with Gasteiger partial charge in [-0.1, -0.05) is 17.8 Å². The fraction of sp³-hybridized carbons (Fsp3) is 0.0625. The maximum absolute atomic E-state index is 13.9. The molecule has 1 radical (unpaired) electrons. The number of fused-ring (bicyclic) bond motifs is 1. The molecule has 0 unspecified atom stereocenters. The Bertz CT molecular complexity index is 991. The van der Waals surface area contributed by atoms with E-state index >= 15 is 0 Å². The zero-order chi connectivity index (χ0) is 17.5. The van der Waals surface area contributed by atoms with Gasteiger partial charge in [-0.2, -0.15) is 0 Å². The number of carbonyl (C=O) groups excluding carboxylic acids is 1. The molecular formula is C16H11F2NNaO3S2. The van der Waals surface area contributed by atoms with Gasteiger partial charge in [0.25, 0.3) is 0 Å². The first-order chi connectivity index (χ1) is 11.2. The van der Waals surface area contributed by atoms with Crippen LogP contribution in [0.5, 0.6) is 0 Å². The van der Waals surface area contributed by atoms with Crippen molar-refractivity contribution < 1.29 is 22.0 Å². The molecule has 0 heterocycles. The van der Waals surface area contributed by atoms with E-state index < -0.39 is 21.7 Å². The number of benzene rings is 2. The average Bonchev–Trinajstić information content (AvgIpc) is 2.81. The van der Waals surface area contributed by atoms with Crippen molar-refractivity contribution in [3.63, 3.8) is 0 Å². The van der Waals surface area contributed by atoms with Gasteiger partial charge in [0.2, 0.25) is 10.0 Å². The molecule has 0 bridgehead atoms. The summed E-state index contributed by atoms with van der Waals surface area (Å²) in [5, 5.41) is 0. The second-order valence-electron chi connectivity index (χ2n) is 5.18. The molecule has 25 heavy (non-hydrogen) atoms. The Morgan fingerprint density at radius 2 is 1.76 bits per heavy atom. The Morgan fingerprint density at radius 3 is 2.40 bits per heavy atom. The summed E-state index contributed by atoms with van der Waals surface area (Å²) in [7, 11) is -3.57. The van der Waals surface area contributed by atoms with Crippen molar-refractivity contribution >= 4 is 68.9 Å². The topological polar surface area (TPSA) is 63.2 Å². The van der Waals surface area contributed by atoms with Crippen LogP contribution in [-0.4, -0.2) is 50.0 Å². The molecular weight excluding hydrogens is 379 g/mol. The number of sulfonamides is 1. The third kappa shape index (κ3) is 4.71. The number of ketones is 1. The Labute approximate surface area is 170 Å². The summed E-state index contributed by atoms with van der Waals surface area (Å²) >= 11 is 0.910. The van der Waals surface area contributed by atoms with Crippen LogP contribution in [0.25, 0.3) is 6.08 Å². The van der Waals surface area contributed by atoms with Crippen molar-refractivity contribution in [2.24, 2.45) is 0 Å². The molecule has 9 heteroatoms. The molecule has 1 aliphatic rings. The first-order valence-corrected chi connectivity index (χ1v) is 9.45. The van der Waals surface area contributed by atoms with Crippen LogP contribution in [-0.2, 0) is 10.0 Å². The van der Waals surface area contributed by atoms with Crippen LogP contribution in [0.15, 0.2) is 46.2 Å². The van der Waals surface area contributed by atoms with Gasteiger partial charge >= 0.3 is 0 Å². The molecule has 125 valence electrons. The third-order valence-electron chi connectivity index (χ3n) is 3.24. The van der Waals surface area contributed by atoms with Gasteiger partial charge in [-0.15, -0.1) is 0 Å². The van der Waals surface area contributed by atoms with Gasteiger partial charge in [0.05, 0.1) is 11.9 Å². The molecule has 3 rings (SSSR count). The molecule has 2 aromatic carbocycles. The molecule has 0 aliphatic heterocycles. The normalized spacial score (nSPS) is 12.7. The first kappa shape index (κ1) is 20.1. The van der Waals surface area contributed by atoms with E-state index in [1.807, 2.05) is 0 Å². The number of hydrogen-bond donors (Lipinski definition) is 1. The predicted octanol–water partition coefficient (Wildman–Crippen LogP) is 3.32. The van der Waals surface area contributed by atoms with Crippen molar-refractivity contribution in [3.8, 4) is 0 Å². The van der Waals surface area contributed by atoms with Crippen LogP contribution < -0.4 is 4.72 Å². The van der Waals surface area contributed by atoms with Crippen molar-refractivity contribution in [2.75, 3.05) is 11.0 Å². The molecule has 0 saturated heterocycles. The first-order valence-electron chi connectivity index (χ1n) is 6.74. The summed E-state index contributed by atoms with van der Waals surface area (Å²) in [6, 6.07) is 6.12. The van der Waals surface area contributed by atoms with E-state index in [2.05, 4.69) is 4.72 Å². The predicted molar refractivity (Wildman–Crippen MR) is 94.5 cm³/mol. The van der Waals surface area contributed by atoms with E-state index in [4.69, 9.17) is 0 Å². The second kappa shape index (κ2) is 7.59. The Hall–Kier alpha value is -1.19. The fourth-order valence-electron chi connectivity index (χ4n) is 2.24. The quantitative estimate of drug-likeness (QED) is 0.814. The van der Waals surface area contributed by atoms with Gasteiger partial charge in [0.1, 0.15) is 11.6 Å². The zero-order valence-corrected chi connectivity index (χ0v) is 17.0. The van der Waals surface area contributed by atoms with E-state index in [1.54, 1.807) is 6.08 Å². The second-order valence-corrected chi connectivity index (χ2v) is 8.02. The number of anilines is 1. The number of carbonyl (C=O) groups is 1. The molecule has 0 amide bonds. The van der Waals surface area contributed by atoms with Gasteiger partial charge in [-0.05, 0) is 35.9 Å². The minimum atomic E-state index is -3.57. The minimum absolute atomic E-state index is 0. The van der Waals surface area contributed by atoms with Crippen molar-refractivity contribution in [2.45, 2.75) is 9.79 Å². The molecule has 0 atom stereocenters. The number of hydrogen-bond acceptors (Lipinski definition) is 4. The van der Waals surface area contributed by atoms with Crippen LogP contribution in [0, 0.1) is 11.6 Å². The van der Waals surface area contributed by atoms with Gasteiger partial charge in [-0.25, -0.2) is 17.2 Å². The summed E-state index contributed by atoms with van der Waals surface area (Å²) in [4.78, 5) is 12.3. The third-order valence-corrected chi connectivity index (χ3v) is 4.94. The van der Waals surface area contributed by atoms with Crippen molar-refractivity contribution in [1.29, 1.82) is 0 Å². The van der Waals surface area contributed by atoms with Crippen molar-refractivity contribution in [3.05, 3.63) is 59.2 Å². The SMILES string of the molecule is CS(=O)(=O)Nc1cc2c(cc1Sc1ccc(F)cc1F)C(=O)C=C2.[Na]. The van der Waals surface area contributed by atoms with Crippen LogP contribution in [0.3, 0.4) is 0 Å². The number of rotatable bonds is 4. The molecule has 0 aromatic heterocycles. The summed E-state index contributed by atoms with van der Waals surface area (Å²) < 4.78 is 52.4. The van der Waals surface area contributed by atoms with E-state index in [0.717, 1.165) is 30.2 Å². The van der Waals surface area contributed by atoms with E-state index in [1.165, 1.54) is 24.3 Å². The molecule has 1 aliphatic carbocycles. The monoisotopic (exact) mass is 390 g/mol. The summed E-state index contributed by atoms with van der Waals surface area (Å²) in [5.74, 6) is -1.69. The van der Waals surface area contributed by atoms with Crippen molar-refractivity contribution in [1.82, 2.24) is 0 Å². The number of halogens is 2. The summed E-state index contributed by atoms with van der Waals surface area (Å²) in [6.45, 7) is 0. The molecule has 4 nitrogen and oxygen atoms in total. The molecule has 0 spiro atoms. The standard InChI is InChI=1S/C16H11F2NO3S2.Na/c1-24(21,22)19-13-6-9-2-4-14(20)11(9)8-16(13)23-15-5-3-10(17)7-12(15)18;/h2-8,19H,1H3;. The van der Waals surface area contributed by atoms with Crippen LogP contribution >= 0.6 is 11.8 Å². The van der Waals surface area contributed by atoms with Gasteiger partial charge in [0.15, 0.2) is 5.78 Å². The van der Waals surface area contributed by atoms with Crippen LogP contribution in [0.4, 0.5) is 14.5 Å². The maximum atomic E-state index is 13.9. The fourth-order valence-corrected chi connectivity index (χ4v) is 3.80. The van der Waals surface area contributed by atoms with Gasteiger partial charge in [0, 0.05) is 51.0 Å². The number of nitrogens with one attached hydrogen (secondary N) is 1. The van der Waals surface area contributed by atoms with Crippen LogP contribution in [0.2, 0.25) is 0 Å². The minimum Gasteiger partial charge on any atom is -0.289 e. The Morgan fingerprint density at radius 1 is 1.04 bits per heavy atom. The Balaban J connectivity index is 0.00000225. The molecule has 1 N–H and O–H groups in total. The summed E-state index contributed by atoms with van der Waals surface area (Å²) in [5.41, 5.74) is 1.21. The molecule has 0 saturated carbocycles. The maximum Gasteiger partial charge on any atom is 0.229 e. The molecule has 2 aromatic rings. The van der Waals surface area contributed by atoms with Gasteiger partial charge in [-0.3, -0.25) is 9.52 Å². The summed E-state index contributed by atoms with van der Waals surface area (Å²) in [6.07, 6.45) is 3.95. The zero-order valence-electron chi connectivity index (χ0n) is 13.3. The number of allylic oxidation sites excluding steroid dienone is 1. The van der Waals surface area contributed by atoms with E-state index in [9.17, 15) is 22.0 Å². The average molecular weight is 390 g/mol. The molecule has 0 fully saturated rings. The van der Waals surface area contributed by atoms with Crippen LogP contribution in [0.1, 0.15) is 15.9 Å².